The highest BCUT2D eigenvalue weighted by Crippen LogP contribution is 2.20. The second-order valence-electron chi connectivity index (χ2n) is 4.17. The van der Waals surface area contributed by atoms with Crippen molar-refractivity contribution in [3.63, 3.8) is 0 Å². The lowest BCUT2D eigenvalue weighted by molar-refractivity contribution is -0.168. The molecule has 1 fully saturated rings. The van der Waals surface area contributed by atoms with E-state index < -0.39 is 0 Å². The molecule has 0 aromatic carbocycles. The summed E-state index contributed by atoms with van der Waals surface area (Å²) < 4.78 is 10.9. The molecule has 1 saturated heterocycles. The van der Waals surface area contributed by atoms with Crippen molar-refractivity contribution in [2.45, 2.75) is 57.7 Å². The number of rotatable bonds is 7. The van der Waals surface area contributed by atoms with E-state index in [1.165, 1.54) is 0 Å². The van der Waals surface area contributed by atoms with Crippen LogP contribution in [0.2, 0.25) is 0 Å². The molecule has 0 amide bonds. The van der Waals surface area contributed by atoms with Crippen molar-refractivity contribution in [3.8, 4) is 0 Å². The van der Waals surface area contributed by atoms with Crippen LogP contribution in [-0.2, 0) is 14.3 Å². The summed E-state index contributed by atoms with van der Waals surface area (Å²) in [5.41, 5.74) is 0. The normalized spacial score (nSPS) is 25.5. The Morgan fingerprint density at radius 2 is 2.25 bits per heavy atom. The molecule has 2 atom stereocenters. The minimum Gasteiger partial charge on any atom is -0.460 e. The van der Waals surface area contributed by atoms with E-state index in [2.05, 4.69) is 0 Å². The molecule has 1 aliphatic rings. The number of cyclic esters (lactones) is 1. The summed E-state index contributed by atoms with van der Waals surface area (Å²) in [6.45, 7) is 2.95. The van der Waals surface area contributed by atoms with Gasteiger partial charge >= 0.3 is 5.97 Å². The lowest BCUT2D eigenvalue weighted by Gasteiger charge is -2.30. The molecular formula is C12H22O4. The van der Waals surface area contributed by atoms with Crippen LogP contribution >= 0.6 is 0 Å². The van der Waals surface area contributed by atoms with Gasteiger partial charge in [-0.2, -0.15) is 0 Å². The van der Waals surface area contributed by atoms with Crippen LogP contribution in [0.15, 0.2) is 0 Å². The molecule has 16 heavy (non-hydrogen) atoms. The van der Waals surface area contributed by atoms with Gasteiger partial charge in [0.1, 0.15) is 6.10 Å². The Hall–Kier alpha value is -0.610. The maximum atomic E-state index is 11.1. The summed E-state index contributed by atoms with van der Waals surface area (Å²) in [6.07, 6.45) is 4.83. The number of hydrogen-bond acceptors (Lipinski definition) is 4. The number of aliphatic hydroxyl groups excluding tert-OH is 1. The quantitative estimate of drug-likeness (QED) is 0.533. The van der Waals surface area contributed by atoms with Crippen molar-refractivity contribution in [3.05, 3.63) is 0 Å². The molecule has 0 radical (unpaired) electrons. The van der Waals surface area contributed by atoms with Gasteiger partial charge in [-0.1, -0.05) is 6.92 Å². The van der Waals surface area contributed by atoms with E-state index in [0.717, 1.165) is 32.1 Å². The largest absolute Gasteiger partial charge is 0.460 e. The highest BCUT2D eigenvalue weighted by atomic mass is 16.6. The first-order valence-corrected chi connectivity index (χ1v) is 6.20. The van der Waals surface area contributed by atoms with E-state index in [9.17, 15) is 4.79 Å². The molecule has 0 bridgehead atoms. The molecule has 1 N–H and O–H groups in total. The number of carbonyl (C=O) groups excluding carboxylic acids is 1. The molecular weight excluding hydrogens is 208 g/mol. The van der Waals surface area contributed by atoms with Crippen LogP contribution in [-0.4, -0.2) is 36.5 Å². The maximum absolute atomic E-state index is 11.1. The number of unbranched alkanes of at least 4 members (excludes halogenated alkanes) is 2. The van der Waals surface area contributed by atoms with E-state index in [0.29, 0.717) is 13.0 Å². The van der Waals surface area contributed by atoms with Crippen LogP contribution in [0.5, 0.6) is 0 Å². The highest BCUT2D eigenvalue weighted by Gasteiger charge is 2.29. The first-order chi connectivity index (χ1) is 7.77. The van der Waals surface area contributed by atoms with Crippen LogP contribution in [0.3, 0.4) is 0 Å². The molecule has 4 heteroatoms. The Balaban J connectivity index is 2.16. The molecule has 1 heterocycles. The smallest absolute Gasteiger partial charge is 0.306 e. The molecule has 1 aliphatic heterocycles. The van der Waals surface area contributed by atoms with Gasteiger partial charge in [0.2, 0.25) is 0 Å². The number of esters is 1. The summed E-state index contributed by atoms with van der Waals surface area (Å²) >= 11 is 0. The Kier molecular flexibility index (Phi) is 6.42. The average Bonchev–Trinajstić information content (AvgIpc) is 2.30. The van der Waals surface area contributed by atoms with Gasteiger partial charge < -0.3 is 14.6 Å². The molecule has 0 aromatic rings. The number of ether oxygens (including phenoxy) is 2. The van der Waals surface area contributed by atoms with Crippen molar-refractivity contribution in [1.29, 1.82) is 0 Å². The van der Waals surface area contributed by atoms with Gasteiger partial charge in [-0.3, -0.25) is 4.79 Å². The Morgan fingerprint density at radius 1 is 1.44 bits per heavy atom. The molecule has 0 aromatic heterocycles. The van der Waals surface area contributed by atoms with Gasteiger partial charge in [-0.05, 0) is 32.1 Å². The SMILES string of the molecule is CC[C@H]1OC(=O)CC[C@@H]1OCCCCCO. The van der Waals surface area contributed by atoms with Gasteiger partial charge in [0.25, 0.3) is 0 Å². The zero-order valence-corrected chi connectivity index (χ0v) is 9.98. The molecule has 0 saturated carbocycles. The first kappa shape index (κ1) is 13.5. The predicted octanol–water partition coefficient (Wildman–Crippen LogP) is 1.65. The molecule has 4 nitrogen and oxygen atoms in total. The molecule has 94 valence electrons. The fraction of sp³-hybridized carbons (Fsp3) is 0.917. The topological polar surface area (TPSA) is 55.8 Å². The fourth-order valence-corrected chi connectivity index (χ4v) is 1.91. The van der Waals surface area contributed by atoms with E-state index in [1.807, 2.05) is 6.92 Å². The van der Waals surface area contributed by atoms with Crippen molar-refractivity contribution in [2.75, 3.05) is 13.2 Å². The molecule has 0 spiro atoms. The molecule has 1 rings (SSSR count). The fourth-order valence-electron chi connectivity index (χ4n) is 1.91. The Bertz CT molecular complexity index is 205. The van der Waals surface area contributed by atoms with Crippen molar-refractivity contribution in [2.24, 2.45) is 0 Å². The standard InChI is InChI=1S/C12H22O4/c1-2-10-11(6-7-12(14)16-10)15-9-5-3-4-8-13/h10-11,13H,2-9H2,1H3/t10-,11+/m1/s1. The third-order valence-corrected chi connectivity index (χ3v) is 2.87. The molecule has 0 aliphatic carbocycles. The van der Waals surface area contributed by atoms with E-state index in [1.54, 1.807) is 0 Å². The van der Waals surface area contributed by atoms with E-state index in [-0.39, 0.29) is 24.8 Å². The first-order valence-electron chi connectivity index (χ1n) is 6.20. The number of hydrogen-bond donors (Lipinski definition) is 1. The van der Waals surface area contributed by atoms with Gasteiger partial charge in [0, 0.05) is 19.6 Å². The summed E-state index contributed by atoms with van der Waals surface area (Å²) in [4.78, 5) is 11.1. The minimum atomic E-state index is -0.105. The molecule has 0 unspecified atom stereocenters. The average molecular weight is 230 g/mol. The summed E-state index contributed by atoms with van der Waals surface area (Å²) in [5, 5.41) is 8.63. The minimum absolute atomic E-state index is 0.0665. The van der Waals surface area contributed by atoms with Crippen molar-refractivity contribution in [1.82, 2.24) is 0 Å². The third-order valence-electron chi connectivity index (χ3n) is 2.87. The second-order valence-corrected chi connectivity index (χ2v) is 4.17. The van der Waals surface area contributed by atoms with Crippen LogP contribution < -0.4 is 0 Å². The summed E-state index contributed by atoms with van der Waals surface area (Å²) in [5.74, 6) is -0.105. The van der Waals surface area contributed by atoms with Gasteiger partial charge in [-0.25, -0.2) is 0 Å². The van der Waals surface area contributed by atoms with Crippen molar-refractivity contribution >= 4 is 5.97 Å². The Labute approximate surface area is 96.9 Å². The van der Waals surface area contributed by atoms with Gasteiger partial charge in [0.05, 0.1) is 6.10 Å². The van der Waals surface area contributed by atoms with Crippen LogP contribution in [0.4, 0.5) is 0 Å². The van der Waals surface area contributed by atoms with Crippen LogP contribution in [0.25, 0.3) is 0 Å². The second kappa shape index (κ2) is 7.63. The van der Waals surface area contributed by atoms with Crippen LogP contribution in [0.1, 0.15) is 45.4 Å². The van der Waals surface area contributed by atoms with E-state index in [4.69, 9.17) is 14.6 Å². The number of aliphatic hydroxyl groups is 1. The lowest BCUT2D eigenvalue weighted by atomic mass is 10.0. The lowest BCUT2D eigenvalue weighted by Crippen LogP contribution is -2.38. The predicted molar refractivity (Wildman–Crippen MR) is 60.1 cm³/mol. The Morgan fingerprint density at radius 3 is 2.94 bits per heavy atom. The third kappa shape index (κ3) is 4.49. The summed E-state index contributed by atoms with van der Waals surface area (Å²) in [6, 6.07) is 0. The van der Waals surface area contributed by atoms with Crippen molar-refractivity contribution < 1.29 is 19.4 Å². The summed E-state index contributed by atoms with van der Waals surface area (Å²) in [7, 11) is 0. The zero-order valence-electron chi connectivity index (χ0n) is 9.98. The number of carbonyl (C=O) groups is 1. The monoisotopic (exact) mass is 230 g/mol. The van der Waals surface area contributed by atoms with E-state index >= 15 is 0 Å². The van der Waals surface area contributed by atoms with Gasteiger partial charge in [-0.15, -0.1) is 0 Å². The maximum Gasteiger partial charge on any atom is 0.306 e. The zero-order chi connectivity index (χ0) is 11.8. The van der Waals surface area contributed by atoms with Crippen LogP contribution in [0, 0.1) is 0 Å². The highest BCUT2D eigenvalue weighted by molar-refractivity contribution is 5.70. The van der Waals surface area contributed by atoms with Gasteiger partial charge in [0.15, 0.2) is 0 Å².